The van der Waals surface area contributed by atoms with Crippen molar-refractivity contribution >= 4 is 33.0 Å². The van der Waals surface area contributed by atoms with Crippen LogP contribution in [-0.4, -0.2) is 30.9 Å². The fourth-order valence-corrected chi connectivity index (χ4v) is 5.66. The molecule has 1 saturated carbocycles. The van der Waals surface area contributed by atoms with Gasteiger partial charge in [0.05, 0.1) is 22.3 Å². The third-order valence-corrected chi connectivity index (χ3v) is 7.06. The molecule has 7 heteroatoms. The fourth-order valence-electron chi connectivity index (χ4n) is 3.04. The summed E-state index contributed by atoms with van der Waals surface area (Å²) in [5.41, 5.74) is 5.66. The highest BCUT2D eigenvalue weighted by molar-refractivity contribution is 7.92. The van der Waals surface area contributed by atoms with Crippen LogP contribution in [0.25, 0.3) is 0 Å². The van der Waals surface area contributed by atoms with Gasteiger partial charge >= 0.3 is 0 Å². The Hall–Kier alpha value is -1.11. The standard InChI is InChI=1S/C16H15Cl2NO3S/c17-11-4-6-13(7-5-11)23(21,22)15-14(16(15,19)9-20)10-2-1-3-12(18)8-10/h1-8,14-15,20H,9,19H2. The Morgan fingerprint density at radius 3 is 2.30 bits per heavy atom. The van der Waals surface area contributed by atoms with Crippen LogP contribution in [0.3, 0.4) is 0 Å². The molecule has 23 heavy (non-hydrogen) atoms. The van der Waals surface area contributed by atoms with E-state index < -0.39 is 33.2 Å². The number of sulfone groups is 1. The van der Waals surface area contributed by atoms with Crippen LogP contribution < -0.4 is 5.73 Å². The summed E-state index contributed by atoms with van der Waals surface area (Å²) in [5, 5.41) is 9.69. The van der Waals surface area contributed by atoms with E-state index in [1.165, 1.54) is 24.3 Å². The molecule has 0 bridgehead atoms. The molecule has 3 unspecified atom stereocenters. The lowest BCUT2D eigenvalue weighted by atomic mass is 10.1. The summed E-state index contributed by atoms with van der Waals surface area (Å²) in [6.07, 6.45) is 0. The van der Waals surface area contributed by atoms with Crippen LogP contribution in [0.1, 0.15) is 11.5 Å². The minimum atomic E-state index is -3.70. The summed E-state index contributed by atoms with van der Waals surface area (Å²) < 4.78 is 25.8. The first-order valence-corrected chi connectivity index (χ1v) is 9.25. The Kier molecular flexibility index (Phi) is 4.19. The first-order valence-electron chi connectivity index (χ1n) is 6.95. The summed E-state index contributed by atoms with van der Waals surface area (Å²) in [4.78, 5) is 0.139. The zero-order valence-electron chi connectivity index (χ0n) is 12.0. The molecule has 2 aromatic carbocycles. The summed E-state index contributed by atoms with van der Waals surface area (Å²) in [7, 11) is -3.70. The van der Waals surface area contributed by atoms with Gasteiger partial charge in [-0.05, 0) is 42.0 Å². The zero-order chi connectivity index (χ0) is 16.8. The van der Waals surface area contributed by atoms with Crippen LogP contribution in [0.15, 0.2) is 53.4 Å². The number of halogens is 2. The molecule has 0 radical (unpaired) electrons. The molecule has 0 spiro atoms. The molecule has 4 nitrogen and oxygen atoms in total. The second-order valence-electron chi connectivity index (χ2n) is 5.72. The average Bonchev–Trinajstić information content (AvgIpc) is 3.15. The van der Waals surface area contributed by atoms with E-state index in [4.69, 9.17) is 28.9 Å². The van der Waals surface area contributed by atoms with Crippen molar-refractivity contribution in [1.82, 2.24) is 0 Å². The lowest BCUT2D eigenvalue weighted by Gasteiger charge is -2.08. The normalized spacial score (nSPS) is 27.0. The highest BCUT2D eigenvalue weighted by Crippen LogP contribution is 2.55. The van der Waals surface area contributed by atoms with Crippen LogP contribution in [0.4, 0.5) is 0 Å². The van der Waals surface area contributed by atoms with Gasteiger partial charge in [-0.15, -0.1) is 0 Å². The molecule has 0 aromatic heterocycles. The van der Waals surface area contributed by atoms with Gasteiger partial charge in [0.2, 0.25) is 0 Å². The van der Waals surface area contributed by atoms with Crippen LogP contribution in [0.5, 0.6) is 0 Å². The fraction of sp³-hybridized carbons (Fsp3) is 0.250. The lowest BCUT2D eigenvalue weighted by Crippen LogP contribution is -2.35. The maximum Gasteiger partial charge on any atom is 0.183 e. The van der Waals surface area contributed by atoms with Gasteiger partial charge in [0.1, 0.15) is 0 Å². The third-order valence-electron chi connectivity index (χ3n) is 4.26. The van der Waals surface area contributed by atoms with E-state index in [0.29, 0.717) is 15.6 Å². The van der Waals surface area contributed by atoms with Gasteiger partial charge in [-0.2, -0.15) is 0 Å². The predicted octanol–water partition coefficient (Wildman–Crippen LogP) is 2.62. The highest BCUT2D eigenvalue weighted by atomic mass is 35.5. The Morgan fingerprint density at radius 2 is 1.74 bits per heavy atom. The number of aliphatic hydroxyl groups is 1. The van der Waals surface area contributed by atoms with Crippen LogP contribution in [0.2, 0.25) is 10.0 Å². The van der Waals surface area contributed by atoms with E-state index in [0.717, 1.165) is 0 Å². The molecule has 0 aliphatic heterocycles. The van der Waals surface area contributed by atoms with Crippen LogP contribution >= 0.6 is 23.2 Å². The van der Waals surface area contributed by atoms with Gasteiger partial charge in [-0.3, -0.25) is 0 Å². The largest absolute Gasteiger partial charge is 0.394 e. The summed E-state index contributed by atoms with van der Waals surface area (Å²) in [6.45, 7) is -0.429. The topological polar surface area (TPSA) is 80.4 Å². The second-order valence-corrected chi connectivity index (χ2v) is 8.66. The van der Waals surface area contributed by atoms with Crippen molar-refractivity contribution in [2.24, 2.45) is 5.73 Å². The SMILES string of the molecule is NC1(CO)C(c2cccc(Cl)c2)C1S(=O)(=O)c1ccc(Cl)cc1. The van der Waals surface area contributed by atoms with Crippen LogP contribution in [-0.2, 0) is 9.84 Å². The number of hydrogen-bond acceptors (Lipinski definition) is 4. The van der Waals surface area contributed by atoms with Crippen molar-refractivity contribution in [2.45, 2.75) is 21.6 Å². The molecule has 3 rings (SSSR count). The van der Waals surface area contributed by atoms with E-state index in [1.807, 2.05) is 0 Å². The molecule has 2 aromatic rings. The minimum absolute atomic E-state index is 0.139. The van der Waals surface area contributed by atoms with Gasteiger partial charge in [0.15, 0.2) is 9.84 Å². The van der Waals surface area contributed by atoms with E-state index in [2.05, 4.69) is 0 Å². The maximum atomic E-state index is 12.9. The molecule has 1 aliphatic rings. The smallest absolute Gasteiger partial charge is 0.183 e. The molecule has 3 N–H and O–H groups in total. The molecule has 1 fully saturated rings. The van der Waals surface area contributed by atoms with Gasteiger partial charge < -0.3 is 10.8 Å². The van der Waals surface area contributed by atoms with Gasteiger partial charge in [0.25, 0.3) is 0 Å². The molecule has 0 heterocycles. The van der Waals surface area contributed by atoms with E-state index in [9.17, 15) is 13.5 Å². The number of aliphatic hydroxyl groups excluding tert-OH is 1. The van der Waals surface area contributed by atoms with E-state index >= 15 is 0 Å². The zero-order valence-corrected chi connectivity index (χ0v) is 14.3. The number of rotatable bonds is 4. The average molecular weight is 372 g/mol. The van der Waals surface area contributed by atoms with Crippen molar-refractivity contribution in [3.63, 3.8) is 0 Å². The lowest BCUT2D eigenvalue weighted by molar-refractivity contribution is 0.253. The maximum absolute atomic E-state index is 12.9. The first kappa shape index (κ1) is 16.7. The molecular formula is C16H15Cl2NO3S. The number of benzene rings is 2. The molecule has 0 amide bonds. The van der Waals surface area contributed by atoms with E-state index in [1.54, 1.807) is 24.3 Å². The Bertz CT molecular complexity index is 839. The number of nitrogens with two attached hydrogens (primary N) is 1. The van der Waals surface area contributed by atoms with Crippen molar-refractivity contribution in [1.29, 1.82) is 0 Å². The Labute approximate surface area is 144 Å². The summed E-state index contributed by atoms with van der Waals surface area (Å²) >= 11 is 11.8. The van der Waals surface area contributed by atoms with Gasteiger partial charge in [-0.1, -0.05) is 35.3 Å². The van der Waals surface area contributed by atoms with Gasteiger partial charge in [-0.25, -0.2) is 8.42 Å². The van der Waals surface area contributed by atoms with Crippen molar-refractivity contribution < 1.29 is 13.5 Å². The Morgan fingerprint density at radius 1 is 1.09 bits per heavy atom. The third kappa shape index (κ3) is 2.77. The van der Waals surface area contributed by atoms with Crippen LogP contribution in [0, 0.1) is 0 Å². The quantitative estimate of drug-likeness (QED) is 0.865. The minimum Gasteiger partial charge on any atom is -0.394 e. The summed E-state index contributed by atoms with van der Waals surface area (Å²) in [6, 6.07) is 12.8. The monoisotopic (exact) mass is 371 g/mol. The molecule has 3 atom stereocenters. The predicted molar refractivity (Wildman–Crippen MR) is 90.6 cm³/mol. The second kappa shape index (κ2) is 5.76. The first-order chi connectivity index (χ1) is 10.8. The van der Waals surface area contributed by atoms with Crippen molar-refractivity contribution in [2.75, 3.05) is 6.61 Å². The molecular weight excluding hydrogens is 357 g/mol. The van der Waals surface area contributed by atoms with Gasteiger partial charge in [0, 0.05) is 16.0 Å². The summed E-state index contributed by atoms with van der Waals surface area (Å²) in [5.74, 6) is -0.508. The van der Waals surface area contributed by atoms with Crippen molar-refractivity contribution in [3.05, 3.63) is 64.1 Å². The Balaban J connectivity index is 2.03. The highest BCUT2D eigenvalue weighted by Gasteiger charge is 2.69. The molecule has 122 valence electrons. The number of hydrogen-bond donors (Lipinski definition) is 2. The molecule has 1 aliphatic carbocycles. The molecule has 0 saturated heterocycles. The van der Waals surface area contributed by atoms with Crippen molar-refractivity contribution in [3.8, 4) is 0 Å². The van der Waals surface area contributed by atoms with E-state index in [-0.39, 0.29) is 4.90 Å².